The lowest BCUT2D eigenvalue weighted by Crippen LogP contribution is -2.51. The number of piperazine rings is 1. The second-order valence-electron chi connectivity index (χ2n) is 7.26. The van der Waals surface area contributed by atoms with E-state index < -0.39 is 0 Å². The first-order valence-electron chi connectivity index (χ1n) is 9.54. The molecule has 0 bridgehead atoms. The number of anilines is 1. The van der Waals surface area contributed by atoms with Crippen LogP contribution in [-0.4, -0.2) is 32.8 Å². The number of nitrogens with one attached hydrogen (secondary N) is 1. The van der Waals surface area contributed by atoms with Gasteiger partial charge in [0, 0.05) is 31.4 Å². The molecule has 5 heteroatoms. The summed E-state index contributed by atoms with van der Waals surface area (Å²) in [7, 11) is 1.72. The van der Waals surface area contributed by atoms with E-state index in [0.29, 0.717) is 6.04 Å². The maximum Gasteiger partial charge on any atom is 0.119 e. The van der Waals surface area contributed by atoms with Gasteiger partial charge in [0.15, 0.2) is 0 Å². The molecule has 1 saturated heterocycles. The van der Waals surface area contributed by atoms with Gasteiger partial charge in [0.2, 0.25) is 0 Å². The van der Waals surface area contributed by atoms with Crippen molar-refractivity contribution in [2.45, 2.75) is 37.6 Å². The Morgan fingerprint density at radius 3 is 2.59 bits per heavy atom. The Labute approximate surface area is 175 Å². The number of benzene rings is 2. The summed E-state index contributed by atoms with van der Waals surface area (Å²) in [4.78, 5) is 2.58. The third kappa shape index (κ3) is 4.90. The first-order valence-corrected chi connectivity index (χ1v) is 9.54. The predicted octanol–water partition coefficient (Wildman–Crippen LogP) is 4.83. The van der Waals surface area contributed by atoms with Crippen LogP contribution in [0.2, 0.25) is 0 Å². The fourth-order valence-electron chi connectivity index (χ4n) is 4.47. The van der Waals surface area contributed by atoms with Gasteiger partial charge < -0.3 is 15.0 Å². The number of nitrogens with zero attached hydrogens (tertiary/aromatic N) is 1. The van der Waals surface area contributed by atoms with Gasteiger partial charge in [0.1, 0.15) is 5.75 Å². The van der Waals surface area contributed by atoms with Crippen LogP contribution >= 0.6 is 24.8 Å². The van der Waals surface area contributed by atoms with Gasteiger partial charge in [-0.15, -0.1) is 24.8 Å². The van der Waals surface area contributed by atoms with Crippen molar-refractivity contribution in [1.82, 2.24) is 5.32 Å². The molecule has 148 valence electrons. The highest BCUT2D eigenvalue weighted by Crippen LogP contribution is 2.37. The average molecular weight is 409 g/mol. The van der Waals surface area contributed by atoms with Crippen LogP contribution in [0.3, 0.4) is 0 Å². The largest absolute Gasteiger partial charge is 0.497 e. The summed E-state index contributed by atoms with van der Waals surface area (Å²) in [6.07, 6.45) is 5.11. The van der Waals surface area contributed by atoms with Crippen molar-refractivity contribution in [3.63, 3.8) is 0 Å². The molecule has 2 atom stereocenters. The first kappa shape index (κ1) is 21.9. The molecule has 3 nitrogen and oxygen atoms in total. The van der Waals surface area contributed by atoms with Crippen molar-refractivity contribution in [3.05, 3.63) is 59.7 Å². The molecule has 0 saturated carbocycles. The van der Waals surface area contributed by atoms with E-state index in [1.807, 2.05) is 0 Å². The zero-order chi connectivity index (χ0) is 17.1. The monoisotopic (exact) mass is 408 g/mol. The van der Waals surface area contributed by atoms with Crippen LogP contribution in [0, 0.1) is 0 Å². The molecule has 1 aliphatic heterocycles. The van der Waals surface area contributed by atoms with Crippen LogP contribution in [0.5, 0.6) is 5.75 Å². The maximum absolute atomic E-state index is 5.30. The number of methoxy groups -OCH3 is 1. The fourth-order valence-corrected chi connectivity index (χ4v) is 4.47. The molecule has 2 aromatic rings. The van der Waals surface area contributed by atoms with Crippen LogP contribution in [0.15, 0.2) is 48.5 Å². The number of hydrogen-bond donors (Lipinski definition) is 1. The molecule has 2 aliphatic rings. The van der Waals surface area contributed by atoms with Crippen molar-refractivity contribution in [3.8, 4) is 5.75 Å². The zero-order valence-electron chi connectivity index (χ0n) is 15.9. The summed E-state index contributed by atoms with van der Waals surface area (Å²) in [6.45, 7) is 3.23. The number of hydrogen-bond acceptors (Lipinski definition) is 3. The minimum Gasteiger partial charge on any atom is -0.497 e. The minimum absolute atomic E-state index is 0. The van der Waals surface area contributed by atoms with Gasteiger partial charge in [-0.1, -0.05) is 24.3 Å². The summed E-state index contributed by atoms with van der Waals surface area (Å²) in [5, 5.41) is 3.59. The fraction of sp³-hybridized carbons (Fsp3) is 0.455. The molecule has 0 amide bonds. The summed E-state index contributed by atoms with van der Waals surface area (Å²) in [5.41, 5.74) is 4.49. The van der Waals surface area contributed by atoms with E-state index in [9.17, 15) is 0 Å². The van der Waals surface area contributed by atoms with Gasteiger partial charge in [-0.05, 0) is 67.0 Å². The second-order valence-corrected chi connectivity index (χ2v) is 7.26. The molecule has 1 N–H and O–H groups in total. The molecular weight excluding hydrogens is 379 g/mol. The Hall–Kier alpha value is -1.42. The molecule has 0 radical (unpaired) electrons. The van der Waals surface area contributed by atoms with Gasteiger partial charge in [-0.25, -0.2) is 0 Å². The molecule has 1 aliphatic carbocycles. The first-order chi connectivity index (χ1) is 12.3. The summed E-state index contributed by atoms with van der Waals surface area (Å²) < 4.78 is 5.30. The molecule has 0 spiro atoms. The van der Waals surface area contributed by atoms with Crippen molar-refractivity contribution >= 4 is 30.5 Å². The maximum atomic E-state index is 5.30. The topological polar surface area (TPSA) is 24.5 Å². The van der Waals surface area contributed by atoms with Gasteiger partial charge in [0.25, 0.3) is 0 Å². The lowest BCUT2D eigenvalue weighted by molar-refractivity contribution is 0.413. The third-order valence-corrected chi connectivity index (χ3v) is 5.86. The van der Waals surface area contributed by atoms with Crippen LogP contribution in [0.4, 0.5) is 5.69 Å². The zero-order valence-corrected chi connectivity index (χ0v) is 17.5. The highest BCUT2D eigenvalue weighted by atomic mass is 35.5. The quantitative estimate of drug-likeness (QED) is 0.766. The third-order valence-electron chi connectivity index (χ3n) is 5.86. The SMILES string of the molecule is COc1ccc(N2CCNCC2CCC2CCc3ccccc32)cc1.Cl.Cl. The van der Waals surface area contributed by atoms with E-state index in [1.165, 1.54) is 31.4 Å². The number of aryl methyl sites for hydroxylation is 1. The van der Waals surface area contributed by atoms with Crippen molar-refractivity contribution in [2.24, 2.45) is 0 Å². The van der Waals surface area contributed by atoms with Gasteiger partial charge in [-0.3, -0.25) is 0 Å². The lowest BCUT2D eigenvalue weighted by atomic mass is 9.93. The summed E-state index contributed by atoms with van der Waals surface area (Å²) >= 11 is 0. The number of ether oxygens (including phenoxy) is 1. The van der Waals surface area contributed by atoms with Gasteiger partial charge in [-0.2, -0.15) is 0 Å². The molecule has 1 heterocycles. The Kier molecular flexibility index (Phi) is 8.28. The van der Waals surface area contributed by atoms with Crippen LogP contribution < -0.4 is 15.0 Å². The normalized spacial score (nSPS) is 21.0. The highest BCUT2D eigenvalue weighted by molar-refractivity contribution is 5.85. The van der Waals surface area contributed by atoms with Gasteiger partial charge in [0.05, 0.1) is 7.11 Å². The second kappa shape index (κ2) is 10.2. The Balaban J connectivity index is 0.00000131. The molecule has 0 aromatic heterocycles. The Morgan fingerprint density at radius 1 is 1.04 bits per heavy atom. The predicted molar refractivity (Wildman–Crippen MR) is 118 cm³/mol. The highest BCUT2D eigenvalue weighted by Gasteiger charge is 2.26. The molecule has 27 heavy (non-hydrogen) atoms. The smallest absolute Gasteiger partial charge is 0.119 e. The van der Waals surface area contributed by atoms with Crippen molar-refractivity contribution in [1.29, 1.82) is 0 Å². The molecule has 2 aromatic carbocycles. The lowest BCUT2D eigenvalue weighted by Gasteiger charge is -2.38. The Bertz CT molecular complexity index is 708. The molecular formula is C22H30Cl2N2O. The van der Waals surface area contributed by atoms with Crippen LogP contribution in [0.1, 0.15) is 36.3 Å². The molecule has 1 fully saturated rings. The summed E-state index contributed by atoms with van der Waals surface area (Å²) in [5.74, 6) is 1.67. The van der Waals surface area contributed by atoms with E-state index in [-0.39, 0.29) is 24.8 Å². The Morgan fingerprint density at radius 2 is 1.81 bits per heavy atom. The van der Waals surface area contributed by atoms with Crippen LogP contribution in [0.25, 0.3) is 0 Å². The van der Waals surface area contributed by atoms with E-state index in [4.69, 9.17) is 4.74 Å². The average Bonchev–Trinajstić information content (AvgIpc) is 3.10. The standard InChI is InChI=1S/C22H28N2O.2ClH/c1-25-21-12-10-19(11-13-21)24-15-14-23-16-20(24)9-8-18-7-6-17-4-2-3-5-22(17)18;;/h2-5,10-13,18,20,23H,6-9,14-16H2,1H3;2*1H. The number of halogens is 2. The summed E-state index contributed by atoms with van der Waals surface area (Å²) in [6, 6.07) is 18.1. The van der Waals surface area contributed by atoms with Crippen molar-refractivity contribution < 1.29 is 4.74 Å². The van der Waals surface area contributed by atoms with E-state index in [2.05, 4.69) is 58.7 Å². The molecule has 2 unspecified atom stereocenters. The van der Waals surface area contributed by atoms with Crippen molar-refractivity contribution in [2.75, 3.05) is 31.6 Å². The minimum atomic E-state index is 0. The van der Waals surface area contributed by atoms with E-state index in [1.54, 1.807) is 18.2 Å². The number of rotatable bonds is 5. The number of fused-ring (bicyclic) bond motifs is 1. The molecule has 4 rings (SSSR count). The van der Waals surface area contributed by atoms with E-state index in [0.717, 1.165) is 31.3 Å². The van der Waals surface area contributed by atoms with Gasteiger partial charge >= 0.3 is 0 Å². The van der Waals surface area contributed by atoms with E-state index >= 15 is 0 Å². The van der Waals surface area contributed by atoms with Crippen LogP contribution in [-0.2, 0) is 6.42 Å².